The molecule has 0 radical (unpaired) electrons. The second-order valence-corrected chi connectivity index (χ2v) is 5.21. The minimum Gasteiger partial charge on any atom is -0.497 e. The standard InChI is InChI=1S/C14H18BrNO4/c1-3-4-5-12(14(18)19)16-13(17)10-8-9(20-2)6-7-11(10)15/h6-8,12H,3-5H2,1-2H3,(H,16,17)(H,18,19)/t12-/m0/s1. The highest BCUT2D eigenvalue weighted by Crippen LogP contribution is 2.22. The highest BCUT2D eigenvalue weighted by molar-refractivity contribution is 9.10. The molecule has 6 heteroatoms. The summed E-state index contributed by atoms with van der Waals surface area (Å²) in [5.41, 5.74) is 0.354. The van der Waals surface area contributed by atoms with Crippen molar-refractivity contribution in [3.8, 4) is 5.75 Å². The molecule has 0 spiro atoms. The lowest BCUT2D eigenvalue weighted by molar-refractivity contribution is -0.139. The molecule has 0 aromatic heterocycles. The molecule has 0 saturated carbocycles. The summed E-state index contributed by atoms with van der Waals surface area (Å²) in [5.74, 6) is -0.913. The third-order valence-corrected chi connectivity index (χ3v) is 3.56. The number of ether oxygens (including phenoxy) is 1. The quantitative estimate of drug-likeness (QED) is 0.798. The van der Waals surface area contributed by atoms with Gasteiger partial charge in [0.2, 0.25) is 0 Å². The van der Waals surface area contributed by atoms with Crippen LogP contribution in [0.3, 0.4) is 0 Å². The molecule has 110 valence electrons. The van der Waals surface area contributed by atoms with Crippen LogP contribution in [0, 0.1) is 0 Å². The van der Waals surface area contributed by atoms with Gasteiger partial charge in [0.25, 0.3) is 5.91 Å². The van der Waals surface area contributed by atoms with Gasteiger partial charge in [0.15, 0.2) is 0 Å². The van der Waals surface area contributed by atoms with Crippen molar-refractivity contribution in [2.75, 3.05) is 7.11 Å². The highest BCUT2D eigenvalue weighted by atomic mass is 79.9. The van der Waals surface area contributed by atoms with Crippen molar-refractivity contribution in [3.63, 3.8) is 0 Å². The number of nitrogens with one attached hydrogen (secondary N) is 1. The van der Waals surface area contributed by atoms with E-state index in [0.29, 0.717) is 22.2 Å². The maximum Gasteiger partial charge on any atom is 0.326 e. The van der Waals surface area contributed by atoms with Crippen LogP contribution in [0.4, 0.5) is 0 Å². The number of carboxylic acids is 1. The van der Waals surface area contributed by atoms with Crippen LogP contribution in [0.5, 0.6) is 5.75 Å². The smallest absolute Gasteiger partial charge is 0.326 e. The largest absolute Gasteiger partial charge is 0.497 e. The van der Waals surface area contributed by atoms with Crippen LogP contribution < -0.4 is 10.1 Å². The molecule has 20 heavy (non-hydrogen) atoms. The number of hydrogen-bond acceptors (Lipinski definition) is 3. The normalized spacial score (nSPS) is 11.8. The molecule has 0 fully saturated rings. The maximum absolute atomic E-state index is 12.2. The number of unbranched alkanes of at least 4 members (excludes halogenated alkanes) is 1. The summed E-state index contributed by atoms with van der Waals surface area (Å²) in [7, 11) is 1.51. The van der Waals surface area contributed by atoms with Crippen LogP contribution in [-0.2, 0) is 4.79 Å². The van der Waals surface area contributed by atoms with E-state index in [9.17, 15) is 9.59 Å². The number of aliphatic carboxylic acids is 1. The number of carbonyl (C=O) groups excluding carboxylic acids is 1. The number of rotatable bonds is 7. The summed E-state index contributed by atoms with van der Waals surface area (Å²) >= 11 is 3.28. The zero-order chi connectivity index (χ0) is 15.1. The van der Waals surface area contributed by atoms with E-state index in [0.717, 1.165) is 12.8 Å². The Morgan fingerprint density at radius 1 is 1.45 bits per heavy atom. The molecule has 0 saturated heterocycles. The second kappa shape index (κ2) is 7.89. The van der Waals surface area contributed by atoms with Gasteiger partial charge < -0.3 is 15.2 Å². The third kappa shape index (κ3) is 4.52. The van der Waals surface area contributed by atoms with Crippen molar-refractivity contribution in [1.82, 2.24) is 5.32 Å². The van der Waals surface area contributed by atoms with Gasteiger partial charge in [0.05, 0.1) is 12.7 Å². The van der Waals surface area contributed by atoms with E-state index in [2.05, 4.69) is 21.2 Å². The molecule has 0 unspecified atom stereocenters. The highest BCUT2D eigenvalue weighted by Gasteiger charge is 2.21. The predicted octanol–water partition coefficient (Wildman–Crippen LogP) is 2.83. The van der Waals surface area contributed by atoms with Gasteiger partial charge in [-0.1, -0.05) is 19.8 Å². The van der Waals surface area contributed by atoms with Crippen molar-refractivity contribution in [2.45, 2.75) is 32.2 Å². The van der Waals surface area contributed by atoms with Crippen LogP contribution in [-0.4, -0.2) is 30.1 Å². The summed E-state index contributed by atoms with van der Waals surface area (Å²) in [6.45, 7) is 1.97. The monoisotopic (exact) mass is 343 g/mol. The average molecular weight is 344 g/mol. The van der Waals surface area contributed by atoms with Crippen molar-refractivity contribution in [3.05, 3.63) is 28.2 Å². The van der Waals surface area contributed by atoms with E-state index in [-0.39, 0.29) is 0 Å². The van der Waals surface area contributed by atoms with E-state index >= 15 is 0 Å². The van der Waals surface area contributed by atoms with Gasteiger partial charge in [-0.25, -0.2) is 4.79 Å². The molecular formula is C14H18BrNO4. The van der Waals surface area contributed by atoms with E-state index in [1.165, 1.54) is 7.11 Å². The first-order valence-electron chi connectivity index (χ1n) is 6.36. The van der Waals surface area contributed by atoms with Gasteiger partial charge >= 0.3 is 5.97 Å². The molecule has 0 aliphatic rings. The molecule has 5 nitrogen and oxygen atoms in total. The van der Waals surface area contributed by atoms with Crippen LogP contribution in [0.2, 0.25) is 0 Å². The van der Waals surface area contributed by atoms with E-state index < -0.39 is 17.9 Å². The van der Waals surface area contributed by atoms with Crippen molar-refractivity contribution in [1.29, 1.82) is 0 Å². The fraction of sp³-hybridized carbons (Fsp3) is 0.429. The van der Waals surface area contributed by atoms with Crippen LogP contribution >= 0.6 is 15.9 Å². The van der Waals surface area contributed by atoms with Gasteiger partial charge in [0, 0.05) is 4.47 Å². The Balaban J connectivity index is 2.85. The lowest BCUT2D eigenvalue weighted by atomic mass is 10.1. The summed E-state index contributed by atoms with van der Waals surface area (Å²) in [4.78, 5) is 23.3. The molecule has 0 aliphatic heterocycles. The summed E-state index contributed by atoms with van der Waals surface area (Å²) in [6.07, 6.45) is 2.04. The minimum atomic E-state index is -1.02. The second-order valence-electron chi connectivity index (χ2n) is 4.35. The van der Waals surface area contributed by atoms with Crippen molar-refractivity contribution < 1.29 is 19.4 Å². The maximum atomic E-state index is 12.2. The number of halogens is 1. The zero-order valence-corrected chi connectivity index (χ0v) is 13.1. The first kappa shape index (κ1) is 16.5. The molecule has 1 amide bonds. The van der Waals surface area contributed by atoms with E-state index in [4.69, 9.17) is 9.84 Å². The Hall–Kier alpha value is -1.56. The number of hydrogen-bond donors (Lipinski definition) is 2. The lowest BCUT2D eigenvalue weighted by Crippen LogP contribution is -2.40. The van der Waals surface area contributed by atoms with E-state index in [1.54, 1.807) is 18.2 Å². The van der Waals surface area contributed by atoms with Gasteiger partial charge in [0.1, 0.15) is 11.8 Å². The Kier molecular flexibility index (Phi) is 6.51. The summed E-state index contributed by atoms with van der Waals surface area (Å²) in [5, 5.41) is 11.7. The number of methoxy groups -OCH3 is 1. The first-order valence-corrected chi connectivity index (χ1v) is 7.16. The molecule has 1 atom stereocenters. The molecule has 0 aliphatic carbocycles. The van der Waals surface area contributed by atoms with Gasteiger partial charge in [-0.15, -0.1) is 0 Å². The minimum absolute atomic E-state index is 0.354. The summed E-state index contributed by atoms with van der Waals surface area (Å²) in [6, 6.07) is 4.10. The molecule has 0 bridgehead atoms. The van der Waals surface area contributed by atoms with Gasteiger partial charge in [-0.05, 0) is 40.5 Å². The average Bonchev–Trinajstić information content (AvgIpc) is 2.43. The Morgan fingerprint density at radius 2 is 2.15 bits per heavy atom. The predicted molar refractivity (Wildman–Crippen MR) is 79.1 cm³/mol. The number of carbonyl (C=O) groups is 2. The molecule has 2 N–H and O–H groups in total. The third-order valence-electron chi connectivity index (χ3n) is 2.87. The van der Waals surface area contributed by atoms with Gasteiger partial charge in [-0.3, -0.25) is 4.79 Å². The Morgan fingerprint density at radius 3 is 2.70 bits per heavy atom. The zero-order valence-electron chi connectivity index (χ0n) is 11.5. The topological polar surface area (TPSA) is 75.6 Å². The Bertz CT molecular complexity index is 490. The SMILES string of the molecule is CCCC[C@H](NC(=O)c1cc(OC)ccc1Br)C(=O)O. The lowest BCUT2D eigenvalue weighted by Gasteiger charge is -2.15. The van der Waals surface area contributed by atoms with Crippen molar-refractivity contribution in [2.24, 2.45) is 0 Å². The summed E-state index contributed by atoms with van der Waals surface area (Å²) < 4.78 is 5.65. The fourth-order valence-corrected chi connectivity index (χ4v) is 2.13. The Labute approximate surface area is 126 Å². The number of amides is 1. The molecule has 1 aromatic rings. The van der Waals surface area contributed by atoms with E-state index in [1.807, 2.05) is 6.92 Å². The molecule has 1 aromatic carbocycles. The number of carboxylic acid groups (broad SMARTS) is 1. The molecular weight excluding hydrogens is 326 g/mol. The fourth-order valence-electron chi connectivity index (χ4n) is 1.71. The van der Waals surface area contributed by atoms with Crippen LogP contribution in [0.25, 0.3) is 0 Å². The van der Waals surface area contributed by atoms with Crippen molar-refractivity contribution >= 4 is 27.8 Å². The van der Waals surface area contributed by atoms with Gasteiger partial charge in [-0.2, -0.15) is 0 Å². The molecule has 0 heterocycles. The number of benzene rings is 1. The van der Waals surface area contributed by atoms with Crippen LogP contribution in [0.15, 0.2) is 22.7 Å². The van der Waals surface area contributed by atoms with Crippen LogP contribution in [0.1, 0.15) is 36.5 Å². The molecule has 1 rings (SSSR count). The first-order chi connectivity index (χ1) is 9.49.